The summed E-state index contributed by atoms with van der Waals surface area (Å²) in [6.07, 6.45) is 0. The van der Waals surface area contributed by atoms with E-state index in [1.165, 1.54) is 11.3 Å². The first kappa shape index (κ1) is 12.3. The molecule has 2 heterocycles. The highest BCUT2D eigenvalue weighted by Crippen LogP contribution is 2.38. The fourth-order valence-corrected chi connectivity index (χ4v) is 3.32. The van der Waals surface area contributed by atoms with Gasteiger partial charge in [0.05, 0.1) is 0 Å². The Labute approximate surface area is 114 Å². The van der Waals surface area contributed by atoms with Gasteiger partial charge in [0, 0.05) is 49.5 Å². The first-order valence-corrected chi connectivity index (χ1v) is 7.11. The van der Waals surface area contributed by atoms with E-state index in [0.717, 1.165) is 37.7 Å². The van der Waals surface area contributed by atoms with Crippen molar-refractivity contribution in [1.29, 1.82) is 0 Å². The molecule has 0 saturated carbocycles. The fraction of sp³-hybridized carbons (Fsp3) is 0.571. The van der Waals surface area contributed by atoms with E-state index < -0.39 is 0 Å². The second-order valence-electron chi connectivity index (χ2n) is 5.32. The molecule has 2 N–H and O–H groups in total. The van der Waals surface area contributed by atoms with Crippen molar-refractivity contribution in [2.45, 2.75) is 13.0 Å². The van der Waals surface area contributed by atoms with Crippen molar-refractivity contribution in [2.75, 3.05) is 38.0 Å². The average molecular weight is 266 g/mol. The standard InChI is InChI=1S/C14H20ClN3/c1-10-9-17-13-8-11(15)2-3-12(13)14(10)18-6-4-16-5-7-18/h2-3,8,10,14,16-17H,4-7,9H2,1H3. The van der Waals surface area contributed by atoms with E-state index in [0.29, 0.717) is 12.0 Å². The van der Waals surface area contributed by atoms with Crippen LogP contribution in [0.4, 0.5) is 5.69 Å². The SMILES string of the molecule is CC1CNc2cc(Cl)ccc2C1N1CCNCC1. The van der Waals surface area contributed by atoms with Crippen LogP contribution in [-0.4, -0.2) is 37.6 Å². The second-order valence-corrected chi connectivity index (χ2v) is 5.76. The highest BCUT2D eigenvalue weighted by atomic mass is 35.5. The van der Waals surface area contributed by atoms with Crippen LogP contribution < -0.4 is 10.6 Å². The van der Waals surface area contributed by atoms with Gasteiger partial charge in [-0.25, -0.2) is 0 Å². The lowest BCUT2D eigenvalue weighted by molar-refractivity contribution is 0.132. The number of nitrogens with zero attached hydrogens (tertiary/aromatic N) is 1. The average Bonchev–Trinajstić information content (AvgIpc) is 2.40. The van der Waals surface area contributed by atoms with Crippen LogP contribution in [-0.2, 0) is 0 Å². The third-order valence-electron chi connectivity index (χ3n) is 4.03. The van der Waals surface area contributed by atoms with Gasteiger partial charge < -0.3 is 10.6 Å². The number of anilines is 1. The first-order chi connectivity index (χ1) is 8.75. The summed E-state index contributed by atoms with van der Waals surface area (Å²) in [6.45, 7) is 7.83. The predicted molar refractivity (Wildman–Crippen MR) is 76.3 cm³/mol. The number of hydrogen-bond acceptors (Lipinski definition) is 3. The molecule has 1 fully saturated rings. The zero-order chi connectivity index (χ0) is 12.5. The van der Waals surface area contributed by atoms with Crippen LogP contribution in [0.2, 0.25) is 5.02 Å². The van der Waals surface area contributed by atoms with Crippen molar-refractivity contribution in [1.82, 2.24) is 10.2 Å². The quantitative estimate of drug-likeness (QED) is 0.816. The Bertz CT molecular complexity index is 429. The summed E-state index contributed by atoms with van der Waals surface area (Å²) in [4.78, 5) is 2.61. The topological polar surface area (TPSA) is 27.3 Å². The van der Waals surface area contributed by atoms with Gasteiger partial charge in [0.2, 0.25) is 0 Å². The van der Waals surface area contributed by atoms with Gasteiger partial charge in [-0.1, -0.05) is 24.6 Å². The van der Waals surface area contributed by atoms with E-state index in [4.69, 9.17) is 11.6 Å². The summed E-state index contributed by atoms with van der Waals surface area (Å²) in [5.41, 5.74) is 2.61. The second kappa shape index (κ2) is 5.08. The van der Waals surface area contributed by atoms with Crippen LogP contribution >= 0.6 is 11.6 Å². The molecule has 3 nitrogen and oxygen atoms in total. The van der Waals surface area contributed by atoms with Crippen molar-refractivity contribution in [2.24, 2.45) is 5.92 Å². The van der Waals surface area contributed by atoms with Crippen LogP contribution in [0.15, 0.2) is 18.2 Å². The third kappa shape index (κ3) is 2.22. The molecule has 0 amide bonds. The smallest absolute Gasteiger partial charge is 0.0426 e. The predicted octanol–water partition coefficient (Wildman–Crippen LogP) is 2.35. The van der Waals surface area contributed by atoms with E-state index in [-0.39, 0.29) is 0 Å². The normalized spacial score (nSPS) is 28.6. The van der Waals surface area contributed by atoms with E-state index in [1.54, 1.807) is 0 Å². The first-order valence-electron chi connectivity index (χ1n) is 6.74. The fourth-order valence-electron chi connectivity index (χ4n) is 3.15. The molecule has 2 aliphatic heterocycles. The van der Waals surface area contributed by atoms with Crippen molar-refractivity contribution in [3.63, 3.8) is 0 Å². The molecule has 2 aliphatic rings. The molecule has 1 aromatic carbocycles. The van der Waals surface area contributed by atoms with E-state index in [9.17, 15) is 0 Å². The highest BCUT2D eigenvalue weighted by molar-refractivity contribution is 6.30. The summed E-state index contributed by atoms with van der Waals surface area (Å²) in [5, 5.41) is 7.73. The Balaban J connectivity index is 1.93. The Morgan fingerprint density at radius 3 is 2.83 bits per heavy atom. The summed E-state index contributed by atoms with van der Waals surface area (Å²) in [6, 6.07) is 6.78. The van der Waals surface area contributed by atoms with Gasteiger partial charge in [-0.15, -0.1) is 0 Å². The summed E-state index contributed by atoms with van der Waals surface area (Å²) in [5.74, 6) is 0.636. The van der Waals surface area contributed by atoms with E-state index in [1.807, 2.05) is 6.07 Å². The maximum absolute atomic E-state index is 6.08. The van der Waals surface area contributed by atoms with Crippen molar-refractivity contribution >= 4 is 17.3 Å². The number of rotatable bonds is 1. The van der Waals surface area contributed by atoms with Crippen molar-refractivity contribution < 1.29 is 0 Å². The minimum Gasteiger partial charge on any atom is -0.384 e. The zero-order valence-corrected chi connectivity index (χ0v) is 11.5. The molecule has 0 spiro atoms. The zero-order valence-electron chi connectivity index (χ0n) is 10.7. The largest absolute Gasteiger partial charge is 0.384 e. The maximum Gasteiger partial charge on any atom is 0.0426 e. The van der Waals surface area contributed by atoms with Gasteiger partial charge in [0.1, 0.15) is 0 Å². The molecule has 1 aromatic rings. The molecule has 2 atom stereocenters. The summed E-state index contributed by atoms with van der Waals surface area (Å²) >= 11 is 6.08. The number of benzene rings is 1. The van der Waals surface area contributed by atoms with Crippen LogP contribution in [0.3, 0.4) is 0 Å². The Hall–Kier alpha value is -0.770. The van der Waals surface area contributed by atoms with Gasteiger partial charge in [-0.05, 0) is 23.6 Å². The van der Waals surface area contributed by atoms with Gasteiger partial charge in [0.15, 0.2) is 0 Å². The minimum absolute atomic E-state index is 0.528. The number of halogens is 1. The Kier molecular flexibility index (Phi) is 3.46. The number of fused-ring (bicyclic) bond motifs is 1. The molecule has 0 radical (unpaired) electrons. The maximum atomic E-state index is 6.08. The summed E-state index contributed by atoms with van der Waals surface area (Å²) in [7, 11) is 0. The molecule has 4 heteroatoms. The van der Waals surface area contributed by atoms with Crippen molar-refractivity contribution in [3.8, 4) is 0 Å². The van der Waals surface area contributed by atoms with Gasteiger partial charge in [-0.3, -0.25) is 4.90 Å². The lowest BCUT2D eigenvalue weighted by atomic mass is 9.88. The van der Waals surface area contributed by atoms with Crippen LogP contribution in [0, 0.1) is 5.92 Å². The molecule has 18 heavy (non-hydrogen) atoms. The number of hydrogen-bond donors (Lipinski definition) is 2. The molecule has 0 aliphatic carbocycles. The Morgan fingerprint density at radius 2 is 2.06 bits per heavy atom. The molecular weight excluding hydrogens is 246 g/mol. The molecule has 3 rings (SSSR count). The highest BCUT2D eigenvalue weighted by Gasteiger charge is 2.31. The van der Waals surface area contributed by atoms with Crippen LogP contribution in [0.25, 0.3) is 0 Å². The molecule has 1 saturated heterocycles. The molecule has 0 aromatic heterocycles. The number of piperazine rings is 1. The number of nitrogens with one attached hydrogen (secondary N) is 2. The molecule has 0 bridgehead atoms. The minimum atomic E-state index is 0.528. The Morgan fingerprint density at radius 1 is 1.28 bits per heavy atom. The van der Waals surface area contributed by atoms with Gasteiger partial charge in [0.25, 0.3) is 0 Å². The lowest BCUT2D eigenvalue weighted by Crippen LogP contribution is -2.48. The summed E-state index contributed by atoms with van der Waals surface area (Å²) < 4.78 is 0. The molecule has 2 unspecified atom stereocenters. The van der Waals surface area contributed by atoms with Crippen molar-refractivity contribution in [3.05, 3.63) is 28.8 Å². The van der Waals surface area contributed by atoms with Gasteiger partial charge in [-0.2, -0.15) is 0 Å². The monoisotopic (exact) mass is 265 g/mol. The molecular formula is C14H20ClN3. The van der Waals surface area contributed by atoms with Crippen LogP contribution in [0.5, 0.6) is 0 Å². The third-order valence-corrected chi connectivity index (χ3v) is 4.27. The lowest BCUT2D eigenvalue weighted by Gasteiger charge is -2.42. The van der Waals surface area contributed by atoms with Gasteiger partial charge >= 0.3 is 0 Å². The van der Waals surface area contributed by atoms with E-state index >= 15 is 0 Å². The van der Waals surface area contributed by atoms with E-state index in [2.05, 4.69) is 34.6 Å². The van der Waals surface area contributed by atoms with Crippen LogP contribution in [0.1, 0.15) is 18.5 Å². The molecule has 98 valence electrons.